The molecular weight excluding hydrogens is 372 g/mol. The zero-order valence-electron chi connectivity index (χ0n) is 13.6. The van der Waals surface area contributed by atoms with Gasteiger partial charge in [0.25, 0.3) is 0 Å². The van der Waals surface area contributed by atoms with Crippen molar-refractivity contribution >= 4 is 39.7 Å². The number of halogens is 1. The van der Waals surface area contributed by atoms with E-state index in [1.165, 1.54) is 7.11 Å². The molecule has 2 aromatic rings. The first-order valence-corrected chi connectivity index (χ1v) is 8.21. The highest BCUT2D eigenvalue weighted by molar-refractivity contribution is 9.10. The van der Waals surface area contributed by atoms with Crippen LogP contribution in [0.1, 0.15) is 10.4 Å². The second-order valence-electron chi connectivity index (χ2n) is 5.24. The van der Waals surface area contributed by atoms with Gasteiger partial charge in [0.15, 0.2) is 0 Å². The van der Waals surface area contributed by atoms with Crippen molar-refractivity contribution < 1.29 is 14.3 Å². The number of carbonyl (C=O) groups excluding carboxylic acids is 2. The summed E-state index contributed by atoms with van der Waals surface area (Å²) in [5.41, 5.74) is 2.31. The molecule has 0 heterocycles. The van der Waals surface area contributed by atoms with Gasteiger partial charge in [-0.15, -0.1) is 0 Å². The zero-order valence-corrected chi connectivity index (χ0v) is 15.2. The molecular formula is C18H19BrN2O3. The maximum atomic E-state index is 11.4. The lowest BCUT2D eigenvalue weighted by atomic mass is 10.2. The summed E-state index contributed by atoms with van der Waals surface area (Å²) in [5, 5.41) is 0. The van der Waals surface area contributed by atoms with Crippen LogP contribution in [-0.4, -0.2) is 39.6 Å². The third-order valence-electron chi connectivity index (χ3n) is 3.67. The number of hydrogen-bond donors (Lipinski definition) is 0. The highest BCUT2D eigenvalue weighted by atomic mass is 79.9. The maximum Gasteiger partial charge on any atom is 0.337 e. The number of ether oxygens (including phenoxy) is 1. The maximum absolute atomic E-state index is 11.4. The van der Waals surface area contributed by atoms with Crippen LogP contribution in [0.5, 0.6) is 0 Å². The molecule has 0 aliphatic carbocycles. The number of nitrogens with zero attached hydrogens (tertiary/aromatic N) is 2. The van der Waals surface area contributed by atoms with E-state index in [2.05, 4.69) is 20.7 Å². The molecule has 0 N–H and O–H groups in total. The van der Waals surface area contributed by atoms with Gasteiger partial charge in [0.2, 0.25) is 6.41 Å². The minimum atomic E-state index is -0.356. The van der Waals surface area contributed by atoms with Crippen molar-refractivity contribution in [3.05, 3.63) is 58.6 Å². The normalized spacial score (nSPS) is 10.1. The predicted molar refractivity (Wildman–Crippen MR) is 98.6 cm³/mol. The van der Waals surface area contributed by atoms with Crippen molar-refractivity contribution in [2.45, 2.75) is 0 Å². The fourth-order valence-corrected chi connectivity index (χ4v) is 2.64. The fourth-order valence-electron chi connectivity index (χ4n) is 2.25. The standard InChI is InChI=1S/C18H19BrN2O3/c1-20(16-8-6-14(7-9-16)18(23)24-2)10-11-21(13-22)17-5-3-4-15(19)12-17/h3-9,12-13H,10-11H2,1-2H3. The van der Waals surface area contributed by atoms with Crippen molar-refractivity contribution in [3.8, 4) is 0 Å². The van der Waals surface area contributed by atoms with E-state index in [1.807, 2.05) is 48.3 Å². The molecule has 0 spiro atoms. The smallest absolute Gasteiger partial charge is 0.337 e. The number of carbonyl (C=O) groups is 2. The molecule has 2 aromatic carbocycles. The van der Waals surface area contributed by atoms with Gasteiger partial charge in [-0.1, -0.05) is 22.0 Å². The van der Waals surface area contributed by atoms with Gasteiger partial charge >= 0.3 is 5.97 Å². The largest absolute Gasteiger partial charge is 0.465 e. The predicted octanol–water partition coefficient (Wildman–Crippen LogP) is 3.33. The van der Waals surface area contributed by atoms with Crippen molar-refractivity contribution in [1.29, 1.82) is 0 Å². The lowest BCUT2D eigenvalue weighted by molar-refractivity contribution is -0.107. The molecule has 0 saturated carbocycles. The summed E-state index contributed by atoms with van der Waals surface area (Å²) in [5.74, 6) is -0.356. The molecule has 0 fully saturated rings. The number of amides is 1. The Kier molecular flexibility index (Phi) is 6.37. The van der Waals surface area contributed by atoms with Gasteiger partial charge in [-0.3, -0.25) is 4.79 Å². The van der Waals surface area contributed by atoms with Crippen LogP contribution in [0.2, 0.25) is 0 Å². The Bertz CT molecular complexity index is 704. The molecule has 0 aliphatic rings. The van der Waals surface area contributed by atoms with Crippen LogP contribution in [0.4, 0.5) is 11.4 Å². The molecule has 5 nitrogen and oxygen atoms in total. The van der Waals surface area contributed by atoms with E-state index in [4.69, 9.17) is 0 Å². The topological polar surface area (TPSA) is 49.9 Å². The summed E-state index contributed by atoms with van der Waals surface area (Å²) in [6.07, 6.45) is 0.829. The van der Waals surface area contributed by atoms with Gasteiger partial charge in [0.1, 0.15) is 0 Å². The summed E-state index contributed by atoms with van der Waals surface area (Å²) < 4.78 is 5.62. The van der Waals surface area contributed by atoms with E-state index in [0.29, 0.717) is 18.7 Å². The molecule has 1 amide bonds. The second-order valence-corrected chi connectivity index (χ2v) is 6.15. The van der Waals surface area contributed by atoms with Crippen LogP contribution >= 0.6 is 15.9 Å². The monoisotopic (exact) mass is 390 g/mol. The number of methoxy groups -OCH3 is 1. The van der Waals surface area contributed by atoms with Gasteiger partial charge < -0.3 is 14.5 Å². The van der Waals surface area contributed by atoms with Crippen molar-refractivity contribution in [2.24, 2.45) is 0 Å². The number of rotatable bonds is 7. The second kappa shape index (κ2) is 8.49. The Morgan fingerprint density at radius 1 is 1.12 bits per heavy atom. The van der Waals surface area contributed by atoms with Crippen molar-refractivity contribution in [1.82, 2.24) is 0 Å². The van der Waals surface area contributed by atoms with Crippen molar-refractivity contribution in [2.75, 3.05) is 37.0 Å². The molecule has 24 heavy (non-hydrogen) atoms. The molecule has 0 aromatic heterocycles. The quantitative estimate of drug-likeness (QED) is 0.537. The number of hydrogen-bond acceptors (Lipinski definition) is 4. The molecule has 0 saturated heterocycles. The highest BCUT2D eigenvalue weighted by Gasteiger charge is 2.09. The van der Waals surface area contributed by atoms with Gasteiger partial charge in [0, 0.05) is 36.0 Å². The molecule has 0 atom stereocenters. The average molecular weight is 391 g/mol. The van der Waals surface area contributed by atoms with E-state index in [1.54, 1.807) is 17.0 Å². The van der Waals surface area contributed by atoms with E-state index in [-0.39, 0.29) is 5.97 Å². The Balaban J connectivity index is 1.99. The Morgan fingerprint density at radius 3 is 2.42 bits per heavy atom. The number of likely N-dealkylation sites (N-methyl/N-ethyl adjacent to an activating group) is 1. The van der Waals surface area contributed by atoms with Gasteiger partial charge in [-0.2, -0.15) is 0 Å². The van der Waals surface area contributed by atoms with Gasteiger partial charge in [-0.05, 0) is 42.5 Å². The molecule has 2 rings (SSSR count). The van der Waals surface area contributed by atoms with Crippen LogP contribution in [-0.2, 0) is 9.53 Å². The number of benzene rings is 2. The van der Waals surface area contributed by atoms with E-state index >= 15 is 0 Å². The SMILES string of the molecule is COC(=O)c1ccc(N(C)CCN(C=O)c2cccc(Br)c2)cc1. The van der Waals surface area contributed by atoms with Crippen molar-refractivity contribution in [3.63, 3.8) is 0 Å². The third-order valence-corrected chi connectivity index (χ3v) is 4.17. The number of anilines is 2. The minimum absolute atomic E-state index is 0.356. The fraction of sp³-hybridized carbons (Fsp3) is 0.222. The molecule has 0 unspecified atom stereocenters. The summed E-state index contributed by atoms with van der Waals surface area (Å²) in [6, 6.07) is 14.8. The molecule has 126 valence electrons. The summed E-state index contributed by atoms with van der Waals surface area (Å²) in [6.45, 7) is 1.21. The molecule has 0 radical (unpaired) electrons. The van der Waals surface area contributed by atoms with E-state index in [0.717, 1.165) is 22.3 Å². The van der Waals surface area contributed by atoms with Gasteiger partial charge in [0.05, 0.1) is 12.7 Å². The van der Waals surface area contributed by atoms with E-state index in [9.17, 15) is 9.59 Å². The first kappa shape index (κ1) is 18.0. The highest BCUT2D eigenvalue weighted by Crippen LogP contribution is 2.19. The lowest BCUT2D eigenvalue weighted by Crippen LogP contribution is -2.32. The first-order valence-electron chi connectivity index (χ1n) is 7.42. The van der Waals surface area contributed by atoms with E-state index < -0.39 is 0 Å². The third kappa shape index (κ3) is 4.58. The first-order chi connectivity index (χ1) is 11.5. The zero-order chi connectivity index (χ0) is 17.5. The van der Waals surface area contributed by atoms with Crippen LogP contribution < -0.4 is 9.80 Å². The van der Waals surface area contributed by atoms with Crippen LogP contribution in [0.15, 0.2) is 53.0 Å². The average Bonchev–Trinajstić information content (AvgIpc) is 2.61. The summed E-state index contributed by atoms with van der Waals surface area (Å²) in [4.78, 5) is 26.5. The molecule has 0 bridgehead atoms. The van der Waals surface area contributed by atoms with Gasteiger partial charge in [-0.25, -0.2) is 4.79 Å². The lowest BCUT2D eigenvalue weighted by Gasteiger charge is -2.24. The summed E-state index contributed by atoms with van der Waals surface area (Å²) >= 11 is 3.41. The Labute approximate surface area is 150 Å². The minimum Gasteiger partial charge on any atom is -0.465 e. The number of esters is 1. The van der Waals surface area contributed by atoms with Crippen LogP contribution in [0.3, 0.4) is 0 Å². The Hall–Kier alpha value is -2.34. The summed E-state index contributed by atoms with van der Waals surface area (Å²) in [7, 11) is 3.30. The Morgan fingerprint density at radius 2 is 1.83 bits per heavy atom. The molecule has 6 heteroatoms. The molecule has 0 aliphatic heterocycles. The van der Waals surface area contributed by atoms with Crippen LogP contribution in [0, 0.1) is 0 Å². The van der Waals surface area contributed by atoms with Crippen LogP contribution in [0.25, 0.3) is 0 Å².